The molecule has 0 bridgehead atoms. The van der Waals surface area contributed by atoms with Crippen molar-refractivity contribution in [2.45, 2.75) is 265 Å². The number of unbranched alkanes of at least 4 members (excludes halogenated alkanes) is 17. The Balaban J connectivity index is 1.54. The molecular formula is C58H96N2O22. The number of aliphatic hydroxyl groups is 10. The van der Waals surface area contributed by atoms with E-state index in [-0.39, 0.29) is 17.9 Å². The standard InChI is InChI=1S/C58H96N2O22/c1-4-6-8-10-12-13-14-15-16-17-19-20-25-29-41(77-54(73)37-27-23-22-24-28-37)38(60-44(67)30-26-21-18-11-9-7-5-2)35-76-55-49(71)48(70)51(43(34-63)79-55)80-56-50(72)53(47(69)42(33-62)78-56)82-58(57(74)75)31-39(65)45(59-36(3)64)52(81-58)46(68)40(66)32-61/h22-25,27-29,38-43,45-53,55-56,61-63,65-66,68-72H,4-21,26,30-35H2,1-3H3,(H,59,64)(H,60,67)(H,74,75)/b29-25+/t38-,39-,40+,41+,42+,43+,45+,46+,47-,48+,49+,50+,51+,52-,53-,55+,56+,58-/m0/s1. The molecule has 2 amide bonds. The Bertz CT molecular complexity index is 2010. The number of benzene rings is 1. The van der Waals surface area contributed by atoms with Crippen LogP contribution in [-0.2, 0) is 47.5 Å². The number of nitrogens with one attached hydrogen (secondary N) is 2. The van der Waals surface area contributed by atoms with Crippen molar-refractivity contribution in [3.8, 4) is 0 Å². The molecular weight excluding hydrogens is 1080 g/mol. The van der Waals surface area contributed by atoms with E-state index < -0.39 is 160 Å². The molecule has 0 saturated carbocycles. The molecule has 24 heteroatoms. The lowest BCUT2D eigenvalue weighted by Gasteiger charge is -2.50. The maximum Gasteiger partial charge on any atom is 0.364 e. The number of carboxylic acid groups (broad SMARTS) is 1. The molecule has 0 radical (unpaired) electrons. The Morgan fingerprint density at radius 2 is 1.29 bits per heavy atom. The second kappa shape index (κ2) is 37.6. The summed E-state index contributed by atoms with van der Waals surface area (Å²) in [6.45, 7) is 1.87. The first-order valence-corrected chi connectivity index (χ1v) is 29.6. The maximum atomic E-state index is 13.7. The smallest absolute Gasteiger partial charge is 0.364 e. The number of rotatable bonds is 39. The second-order valence-electron chi connectivity index (χ2n) is 21.8. The Kier molecular flexibility index (Phi) is 32.4. The minimum Gasteiger partial charge on any atom is -0.477 e. The van der Waals surface area contributed by atoms with Gasteiger partial charge in [0.1, 0.15) is 73.2 Å². The third kappa shape index (κ3) is 21.9. The van der Waals surface area contributed by atoms with Crippen LogP contribution in [-0.4, -0.2) is 216 Å². The molecule has 0 aliphatic carbocycles. The van der Waals surface area contributed by atoms with Crippen molar-refractivity contribution in [3.63, 3.8) is 0 Å². The normalized spacial score (nSPS) is 30.1. The Hall–Kier alpha value is -3.80. The Morgan fingerprint density at radius 3 is 1.85 bits per heavy atom. The van der Waals surface area contributed by atoms with Crippen LogP contribution in [0, 0.1) is 0 Å². The summed E-state index contributed by atoms with van der Waals surface area (Å²) >= 11 is 0. The summed E-state index contributed by atoms with van der Waals surface area (Å²) in [6, 6.07) is 5.59. The van der Waals surface area contributed by atoms with Gasteiger partial charge in [0.05, 0.1) is 50.2 Å². The predicted molar refractivity (Wildman–Crippen MR) is 294 cm³/mol. The molecule has 4 rings (SSSR count). The van der Waals surface area contributed by atoms with Crippen molar-refractivity contribution in [1.29, 1.82) is 0 Å². The molecule has 82 heavy (non-hydrogen) atoms. The van der Waals surface area contributed by atoms with Gasteiger partial charge in [-0.1, -0.05) is 141 Å². The first kappa shape index (κ1) is 70.7. The lowest BCUT2D eigenvalue weighted by atomic mass is 9.88. The lowest BCUT2D eigenvalue weighted by molar-refractivity contribution is -0.386. The molecule has 24 nitrogen and oxygen atoms in total. The topological polar surface area (TPSA) is 379 Å². The molecule has 3 fully saturated rings. The first-order valence-electron chi connectivity index (χ1n) is 29.6. The summed E-state index contributed by atoms with van der Waals surface area (Å²) in [4.78, 5) is 52.4. The fourth-order valence-corrected chi connectivity index (χ4v) is 10.4. The van der Waals surface area contributed by atoms with Crippen LogP contribution in [0.2, 0.25) is 0 Å². The van der Waals surface area contributed by atoms with E-state index in [2.05, 4.69) is 24.5 Å². The van der Waals surface area contributed by atoms with Crippen molar-refractivity contribution in [1.82, 2.24) is 10.6 Å². The van der Waals surface area contributed by atoms with Crippen LogP contribution in [0.1, 0.15) is 166 Å². The molecule has 1 aromatic rings. The van der Waals surface area contributed by atoms with Gasteiger partial charge in [-0.05, 0) is 37.5 Å². The van der Waals surface area contributed by atoms with Crippen LogP contribution in [0.15, 0.2) is 42.5 Å². The van der Waals surface area contributed by atoms with Gasteiger partial charge in [-0.3, -0.25) is 9.59 Å². The number of carbonyl (C=O) groups excluding carboxylic acids is 3. The number of amides is 2. The van der Waals surface area contributed by atoms with Crippen molar-refractivity contribution >= 4 is 23.8 Å². The van der Waals surface area contributed by atoms with Crippen molar-refractivity contribution in [2.24, 2.45) is 0 Å². The summed E-state index contributed by atoms with van der Waals surface area (Å²) < 4.78 is 41.1. The second-order valence-corrected chi connectivity index (χ2v) is 21.8. The van der Waals surface area contributed by atoms with E-state index in [1.807, 2.05) is 6.08 Å². The van der Waals surface area contributed by atoms with Crippen molar-refractivity contribution in [2.75, 3.05) is 26.4 Å². The summed E-state index contributed by atoms with van der Waals surface area (Å²) in [6.07, 6.45) is -5.95. The van der Waals surface area contributed by atoms with E-state index in [1.165, 1.54) is 44.9 Å². The average Bonchev–Trinajstić information content (AvgIpc) is 3.10. The van der Waals surface area contributed by atoms with Crippen LogP contribution in [0.3, 0.4) is 0 Å². The van der Waals surface area contributed by atoms with Crippen LogP contribution in [0.5, 0.6) is 0 Å². The SMILES string of the molecule is CCCCCCCCCCCCC/C=C/[C@@H](OC(=O)c1ccccc1)[C@H](CO[C@@H]1O[C@H](CO)[C@@H](O[C@H]2O[C@H](CO)[C@H](O)[C@H](O[C@]3(C(=O)O)C[C@H](O)[C@@H](NC(C)=O)[C@@H]([C@H](O)[C@H](O)CO)O3)[C@H]2O)[C@H](O)[C@H]1O)NC(=O)CCCCCCCCC. The van der Waals surface area contributed by atoms with Gasteiger partial charge in [0.25, 0.3) is 5.79 Å². The van der Waals surface area contributed by atoms with E-state index in [1.54, 1.807) is 36.4 Å². The summed E-state index contributed by atoms with van der Waals surface area (Å²) in [5, 5.41) is 125. The average molecular weight is 1170 g/mol. The molecule has 470 valence electrons. The highest BCUT2D eigenvalue weighted by Crippen LogP contribution is 2.38. The van der Waals surface area contributed by atoms with Crippen molar-refractivity contribution < 1.29 is 109 Å². The van der Waals surface area contributed by atoms with Gasteiger partial charge in [-0.2, -0.15) is 0 Å². The summed E-state index contributed by atoms with van der Waals surface area (Å²) in [7, 11) is 0. The molecule has 18 atom stereocenters. The van der Waals surface area contributed by atoms with E-state index in [0.29, 0.717) is 12.8 Å². The van der Waals surface area contributed by atoms with E-state index in [9.17, 15) is 75.3 Å². The van der Waals surface area contributed by atoms with Crippen molar-refractivity contribution in [3.05, 3.63) is 48.0 Å². The van der Waals surface area contributed by atoms with Gasteiger partial charge in [0, 0.05) is 19.8 Å². The Labute approximate surface area is 481 Å². The van der Waals surface area contributed by atoms with Gasteiger partial charge in [0.2, 0.25) is 11.8 Å². The number of hydrogen-bond donors (Lipinski definition) is 13. The quantitative estimate of drug-likeness (QED) is 0.0254. The highest BCUT2D eigenvalue weighted by atomic mass is 16.8. The minimum atomic E-state index is -3.10. The summed E-state index contributed by atoms with van der Waals surface area (Å²) in [5.74, 6) is -6.91. The van der Waals surface area contributed by atoms with Gasteiger partial charge in [-0.25, -0.2) is 9.59 Å². The van der Waals surface area contributed by atoms with E-state index in [4.69, 9.17) is 33.2 Å². The van der Waals surface area contributed by atoms with Gasteiger partial charge in [-0.15, -0.1) is 0 Å². The molecule has 0 aromatic heterocycles. The Morgan fingerprint density at radius 1 is 0.720 bits per heavy atom. The van der Waals surface area contributed by atoms with Crippen LogP contribution >= 0.6 is 0 Å². The zero-order valence-corrected chi connectivity index (χ0v) is 47.9. The molecule has 3 heterocycles. The van der Waals surface area contributed by atoms with E-state index in [0.717, 1.165) is 71.1 Å². The van der Waals surface area contributed by atoms with Gasteiger partial charge in [0.15, 0.2) is 12.6 Å². The fourth-order valence-electron chi connectivity index (χ4n) is 10.4. The number of carboxylic acids is 1. The monoisotopic (exact) mass is 1170 g/mol. The number of carbonyl (C=O) groups is 4. The third-order valence-electron chi connectivity index (χ3n) is 15.2. The third-order valence-corrected chi connectivity index (χ3v) is 15.2. The maximum absolute atomic E-state index is 13.7. The number of aliphatic carboxylic acids is 1. The highest BCUT2D eigenvalue weighted by molar-refractivity contribution is 5.89. The number of esters is 1. The largest absolute Gasteiger partial charge is 0.477 e. The van der Waals surface area contributed by atoms with Gasteiger partial charge < -0.3 is 100.0 Å². The minimum absolute atomic E-state index is 0.151. The fraction of sp³-hybridized carbons (Fsp3) is 0.793. The first-order chi connectivity index (χ1) is 39.4. The van der Waals surface area contributed by atoms with E-state index >= 15 is 0 Å². The predicted octanol–water partition coefficient (Wildman–Crippen LogP) is 1.91. The lowest BCUT2D eigenvalue weighted by Crippen LogP contribution is -2.70. The molecule has 0 unspecified atom stereocenters. The molecule has 1 aromatic carbocycles. The number of allylic oxidation sites excluding steroid dienone is 1. The number of hydrogen-bond acceptors (Lipinski definition) is 21. The molecule has 0 spiro atoms. The van der Waals surface area contributed by atoms with Crippen LogP contribution in [0.25, 0.3) is 0 Å². The number of ether oxygens (including phenoxy) is 7. The van der Waals surface area contributed by atoms with Crippen LogP contribution in [0.4, 0.5) is 0 Å². The zero-order valence-electron chi connectivity index (χ0n) is 47.9. The summed E-state index contributed by atoms with van der Waals surface area (Å²) in [5.41, 5.74) is 0.249. The van der Waals surface area contributed by atoms with Crippen LogP contribution < -0.4 is 10.6 Å². The molecule has 3 aliphatic heterocycles. The molecule has 13 N–H and O–H groups in total. The zero-order chi connectivity index (χ0) is 60.2. The highest BCUT2D eigenvalue weighted by Gasteiger charge is 2.60. The molecule has 3 saturated heterocycles. The van der Waals surface area contributed by atoms with Gasteiger partial charge >= 0.3 is 11.9 Å². The number of aliphatic hydroxyl groups excluding tert-OH is 10. The molecule has 3 aliphatic rings.